The van der Waals surface area contributed by atoms with Crippen LogP contribution in [0.25, 0.3) is 10.9 Å². The van der Waals surface area contributed by atoms with E-state index in [2.05, 4.69) is 4.98 Å². The molecule has 1 aromatic heterocycles. The van der Waals surface area contributed by atoms with Crippen LogP contribution >= 0.6 is 0 Å². The van der Waals surface area contributed by atoms with E-state index >= 15 is 0 Å². The van der Waals surface area contributed by atoms with Crippen molar-refractivity contribution >= 4 is 22.7 Å². The van der Waals surface area contributed by atoms with E-state index < -0.39 is 0 Å². The first-order chi connectivity index (χ1) is 10.7. The SMILES string of the molecule is O=C(CCC1CCCC1)OCC(=O)c1c[nH]c2ccccc12. The van der Waals surface area contributed by atoms with E-state index in [1.54, 1.807) is 6.20 Å². The van der Waals surface area contributed by atoms with Crippen molar-refractivity contribution in [2.24, 2.45) is 5.92 Å². The van der Waals surface area contributed by atoms with E-state index in [4.69, 9.17) is 4.74 Å². The van der Waals surface area contributed by atoms with Gasteiger partial charge in [0.05, 0.1) is 0 Å². The summed E-state index contributed by atoms with van der Waals surface area (Å²) in [6.07, 6.45) is 7.99. The number of hydrogen-bond acceptors (Lipinski definition) is 3. The van der Waals surface area contributed by atoms with Gasteiger partial charge in [-0.3, -0.25) is 9.59 Å². The summed E-state index contributed by atoms with van der Waals surface area (Å²) in [5.74, 6) is 0.239. The molecule has 0 atom stereocenters. The number of esters is 1. The predicted octanol–water partition coefficient (Wildman–Crippen LogP) is 3.86. The smallest absolute Gasteiger partial charge is 0.306 e. The summed E-state index contributed by atoms with van der Waals surface area (Å²) >= 11 is 0. The topological polar surface area (TPSA) is 59.2 Å². The number of carbonyl (C=O) groups excluding carboxylic acids is 2. The Morgan fingerprint density at radius 2 is 1.95 bits per heavy atom. The second kappa shape index (κ2) is 6.77. The van der Waals surface area contributed by atoms with Gasteiger partial charge in [0.2, 0.25) is 5.78 Å². The molecule has 4 nitrogen and oxygen atoms in total. The Morgan fingerprint density at radius 1 is 1.18 bits per heavy atom. The number of para-hydroxylation sites is 1. The van der Waals surface area contributed by atoms with Crippen LogP contribution in [0, 0.1) is 5.92 Å². The predicted molar refractivity (Wildman–Crippen MR) is 84.8 cm³/mol. The third-order valence-electron chi connectivity index (χ3n) is 4.49. The summed E-state index contributed by atoms with van der Waals surface area (Å²) in [6, 6.07) is 7.61. The molecule has 0 bridgehead atoms. The fraction of sp³-hybridized carbons (Fsp3) is 0.444. The minimum atomic E-state index is -0.264. The number of aromatic nitrogens is 1. The number of carbonyl (C=O) groups is 2. The highest BCUT2D eigenvalue weighted by Gasteiger charge is 2.18. The second-order valence-corrected chi connectivity index (χ2v) is 6.02. The van der Waals surface area contributed by atoms with Crippen molar-refractivity contribution in [1.82, 2.24) is 4.98 Å². The van der Waals surface area contributed by atoms with Crippen LogP contribution in [0.3, 0.4) is 0 Å². The molecule has 1 fully saturated rings. The molecule has 0 amide bonds. The highest BCUT2D eigenvalue weighted by atomic mass is 16.5. The number of H-pyrrole nitrogens is 1. The van der Waals surface area contributed by atoms with E-state index in [1.807, 2.05) is 24.3 Å². The molecule has 0 unspecified atom stereocenters. The van der Waals surface area contributed by atoms with Gasteiger partial charge >= 0.3 is 5.97 Å². The van der Waals surface area contributed by atoms with E-state index in [1.165, 1.54) is 25.7 Å². The lowest BCUT2D eigenvalue weighted by Crippen LogP contribution is -2.14. The second-order valence-electron chi connectivity index (χ2n) is 6.02. The molecule has 0 aliphatic heterocycles. The van der Waals surface area contributed by atoms with Gasteiger partial charge in [-0.25, -0.2) is 0 Å². The van der Waals surface area contributed by atoms with E-state index in [0.717, 1.165) is 17.3 Å². The summed E-state index contributed by atoms with van der Waals surface area (Å²) in [5, 5.41) is 0.870. The summed E-state index contributed by atoms with van der Waals surface area (Å²) in [5.41, 5.74) is 1.50. The van der Waals surface area contributed by atoms with Crippen molar-refractivity contribution < 1.29 is 14.3 Å². The first-order valence-corrected chi connectivity index (χ1v) is 7.99. The van der Waals surface area contributed by atoms with Crippen molar-refractivity contribution in [3.05, 3.63) is 36.0 Å². The quantitative estimate of drug-likeness (QED) is 0.651. The minimum absolute atomic E-state index is 0.160. The highest BCUT2D eigenvalue weighted by molar-refractivity contribution is 6.08. The van der Waals surface area contributed by atoms with Crippen molar-refractivity contribution in [2.75, 3.05) is 6.61 Å². The maximum absolute atomic E-state index is 12.2. The molecule has 1 aromatic carbocycles. The van der Waals surface area contributed by atoms with Gasteiger partial charge in [-0.05, 0) is 18.4 Å². The Hall–Kier alpha value is -2.10. The molecule has 0 spiro atoms. The molecule has 1 aliphatic rings. The number of benzene rings is 1. The normalized spacial score (nSPS) is 15.3. The molecular weight excluding hydrogens is 278 g/mol. The van der Waals surface area contributed by atoms with Crippen molar-refractivity contribution in [3.63, 3.8) is 0 Å². The van der Waals surface area contributed by atoms with Gasteiger partial charge in [0.15, 0.2) is 6.61 Å². The van der Waals surface area contributed by atoms with Crippen LogP contribution < -0.4 is 0 Å². The zero-order valence-electron chi connectivity index (χ0n) is 12.6. The summed E-state index contributed by atoms with van der Waals surface area (Å²) < 4.78 is 5.13. The van der Waals surface area contributed by atoms with Crippen molar-refractivity contribution in [3.8, 4) is 0 Å². The Morgan fingerprint density at radius 3 is 2.77 bits per heavy atom. The average Bonchev–Trinajstić information content (AvgIpc) is 3.19. The number of ether oxygens (including phenoxy) is 1. The Balaban J connectivity index is 1.50. The van der Waals surface area contributed by atoms with Gasteiger partial charge in [-0.2, -0.15) is 0 Å². The Bertz CT molecular complexity index is 668. The molecule has 1 heterocycles. The highest BCUT2D eigenvalue weighted by Crippen LogP contribution is 2.28. The molecule has 22 heavy (non-hydrogen) atoms. The number of rotatable bonds is 6. The lowest BCUT2D eigenvalue weighted by molar-refractivity contribution is -0.142. The zero-order valence-corrected chi connectivity index (χ0v) is 12.6. The third kappa shape index (κ3) is 3.38. The van der Waals surface area contributed by atoms with Gasteiger partial charge < -0.3 is 9.72 Å². The number of hydrogen-bond donors (Lipinski definition) is 1. The molecule has 1 aliphatic carbocycles. The number of aromatic amines is 1. The average molecular weight is 299 g/mol. The molecule has 4 heteroatoms. The molecule has 0 radical (unpaired) electrons. The largest absolute Gasteiger partial charge is 0.457 e. The monoisotopic (exact) mass is 299 g/mol. The van der Waals surface area contributed by atoms with Gasteiger partial charge in [0, 0.05) is 29.1 Å². The number of nitrogens with one attached hydrogen (secondary N) is 1. The van der Waals surface area contributed by atoms with Crippen LogP contribution in [0.2, 0.25) is 0 Å². The van der Waals surface area contributed by atoms with E-state index in [9.17, 15) is 9.59 Å². The van der Waals surface area contributed by atoms with Crippen LogP contribution in [-0.2, 0) is 9.53 Å². The van der Waals surface area contributed by atoms with Crippen LogP contribution in [-0.4, -0.2) is 23.3 Å². The van der Waals surface area contributed by atoms with Crippen LogP contribution in [0.1, 0.15) is 48.9 Å². The molecule has 3 rings (SSSR count). The van der Waals surface area contributed by atoms with Crippen LogP contribution in [0.4, 0.5) is 0 Å². The van der Waals surface area contributed by atoms with Crippen molar-refractivity contribution in [1.29, 1.82) is 0 Å². The molecule has 116 valence electrons. The van der Waals surface area contributed by atoms with Gasteiger partial charge in [-0.1, -0.05) is 43.9 Å². The summed E-state index contributed by atoms with van der Waals surface area (Å²) in [6.45, 7) is -0.175. The number of fused-ring (bicyclic) bond motifs is 1. The van der Waals surface area contributed by atoms with Crippen LogP contribution in [0.5, 0.6) is 0 Å². The summed E-state index contributed by atoms with van der Waals surface area (Å²) in [4.78, 5) is 27.0. The first-order valence-electron chi connectivity index (χ1n) is 7.99. The molecule has 0 saturated heterocycles. The Kier molecular flexibility index (Phi) is 4.56. The lowest BCUT2D eigenvalue weighted by atomic mass is 10.0. The van der Waals surface area contributed by atoms with E-state index in [0.29, 0.717) is 17.9 Å². The molecular formula is C18H21NO3. The maximum Gasteiger partial charge on any atom is 0.306 e. The number of Topliss-reactive ketones (excluding diaryl/α,β-unsaturated/α-hetero) is 1. The maximum atomic E-state index is 12.2. The summed E-state index contributed by atoms with van der Waals surface area (Å²) in [7, 11) is 0. The fourth-order valence-electron chi connectivity index (χ4n) is 3.22. The minimum Gasteiger partial charge on any atom is -0.457 e. The number of ketones is 1. The lowest BCUT2D eigenvalue weighted by Gasteiger charge is -2.08. The van der Waals surface area contributed by atoms with E-state index in [-0.39, 0.29) is 18.4 Å². The third-order valence-corrected chi connectivity index (χ3v) is 4.49. The molecule has 2 aromatic rings. The fourth-order valence-corrected chi connectivity index (χ4v) is 3.22. The Labute approximate surface area is 129 Å². The molecule has 1 saturated carbocycles. The van der Waals surface area contributed by atoms with Gasteiger partial charge in [0.25, 0.3) is 0 Å². The van der Waals surface area contributed by atoms with Crippen LogP contribution in [0.15, 0.2) is 30.5 Å². The zero-order chi connectivity index (χ0) is 15.4. The van der Waals surface area contributed by atoms with Gasteiger partial charge in [0.1, 0.15) is 0 Å². The van der Waals surface area contributed by atoms with Gasteiger partial charge in [-0.15, -0.1) is 0 Å². The van der Waals surface area contributed by atoms with Crippen molar-refractivity contribution in [2.45, 2.75) is 38.5 Å². The molecule has 1 N–H and O–H groups in total. The first kappa shape index (κ1) is 14.8. The standard InChI is InChI=1S/C18H21NO3/c20-17(15-11-19-16-8-4-3-7-14(15)16)12-22-18(21)10-9-13-5-1-2-6-13/h3-4,7-8,11,13,19H,1-2,5-6,9-10,12H2.